The Balaban J connectivity index is 1.80. The number of amides is 2. The van der Waals surface area contributed by atoms with E-state index in [0.717, 1.165) is 31.7 Å². The van der Waals surface area contributed by atoms with Crippen LogP contribution in [0.15, 0.2) is 24.3 Å². The maximum atomic E-state index is 12.3. The van der Waals surface area contributed by atoms with Gasteiger partial charge in [0, 0.05) is 30.2 Å². The third-order valence-electron chi connectivity index (χ3n) is 4.48. The molecule has 2 amide bonds. The van der Waals surface area contributed by atoms with Crippen molar-refractivity contribution in [3.05, 3.63) is 29.3 Å². The number of hydrogen-bond acceptors (Lipinski definition) is 3. The van der Waals surface area contributed by atoms with E-state index in [1.54, 1.807) is 17.0 Å². The zero-order valence-corrected chi connectivity index (χ0v) is 15.2. The van der Waals surface area contributed by atoms with Crippen LogP contribution in [0.5, 0.6) is 0 Å². The summed E-state index contributed by atoms with van der Waals surface area (Å²) in [4.78, 5) is 28.4. The molecule has 5 nitrogen and oxygen atoms in total. The largest absolute Gasteiger partial charge is 0.356 e. The van der Waals surface area contributed by atoms with Crippen LogP contribution < -0.4 is 10.2 Å². The lowest BCUT2D eigenvalue weighted by molar-refractivity contribution is -0.126. The fourth-order valence-corrected chi connectivity index (χ4v) is 3.08. The Bertz CT molecular complexity index is 558. The summed E-state index contributed by atoms with van der Waals surface area (Å²) in [6, 6.07) is 7.13. The molecule has 0 aromatic heterocycles. The van der Waals surface area contributed by atoms with E-state index in [9.17, 15) is 9.59 Å². The third kappa shape index (κ3) is 4.95. The van der Waals surface area contributed by atoms with E-state index in [0.29, 0.717) is 18.1 Å². The lowest BCUT2D eigenvalue weighted by Gasteiger charge is -2.18. The molecule has 0 bridgehead atoms. The molecule has 0 radical (unpaired) electrons. The minimum Gasteiger partial charge on any atom is -0.356 e. The van der Waals surface area contributed by atoms with Gasteiger partial charge in [-0.05, 0) is 50.3 Å². The maximum Gasteiger partial charge on any atom is 0.227 e. The van der Waals surface area contributed by atoms with Crippen molar-refractivity contribution in [1.82, 2.24) is 10.2 Å². The van der Waals surface area contributed by atoms with Gasteiger partial charge in [0.05, 0.1) is 5.92 Å². The van der Waals surface area contributed by atoms with Crippen molar-refractivity contribution in [2.45, 2.75) is 26.7 Å². The average Bonchev–Trinajstić information content (AvgIpc) is 2.97. The number of halogens is 1. The molecule has 0 saturated carbocycles. The predicted molar refractivity (Wildman–Crippen MR) is 97.3 cm³/mol. The minimum absolute atomic E-state index is 0.0133. The van der Waals surface area contributed by atoms with Crippen LogP contribution in [0.1, 0.15) is 26.7 Å². The lowest BCUT2D eigenvalue weighted by Crippen LogP contribution is -2.35. The number of hydrogen-bond donors (Lipinski definition) is 1. The van der Waals surface area contributed by atoms with Gasteiger partial charge in [-0.25, -0.2) is 0 Å². The van der Waals surface area contributed by atoms with Gasteiger partial charge in [0.15, 0.2) is 0 Å². The molecule has 1 aromatic carbocycles. The quantitative estimate of drug-likeness (QED) is 0.732. The molecule has 6 heteroatoms. The van der Waals surface area contributed by atoms with Crippen molar-refractivity contribution >= 4 is 29.1 Å². The van der Waals surface area contributed by atoms with Crippen LogP contribution >= 0.6 is 11.6 Å². The molecule has 1 aliphatic heterocycles. The Labute approximate surface area is 149 Å². The van der Waals surface area contributed by atoms with Gasteiger partial charge < -0.3 is 15.1 Å². The Morgan fingerprint density at radius 3 is 2.58 bits per heavy atom. The van der Waals surface area contributed by atoms with Crippen molar-refractivity contribution in [3.63, 3.8) is 0 Å². The second-order valence-electron chi connectivity index (χ2n) is 6.05. The molecule has 132 valence electrons. The highest BCUT2D eigenvalue weighted by atomic mass is 35.5. The van der Waals surface area contributed by atoms with Gasteiger partial charge in [-0.2, -0.15) is 0 Å². The molecule has 0 unspecified atom stereocenters. The van der Waals surface area contributed by atoms with Crippen LogP contribution in [0.25, 0.3) is 0 Å². The summed E-state index contributed by atoms with van der Waals surface area (Å²) in [5.74, 6) is -0.318. The van der Waals surface area contributed by atoms with Crippen LogP contribution in [0.2, 0.25) is 5.02 Å². The molecule has 1 heterocycles. The van der Waals surface area contributed by atoms with E-state index in [-0.39, 0.29) is 24.2 Å². The van der Waals surface area contributed by atoms with Gasteiger partial charge in [-0.1, -0.05) is 25.4 Å². The monoisotopic (exact) mass is 351 g/mol. The van der Waals surface area contributed by atoms with Gasteiger partial charge in [-0.15, -0.1) is 0 Å². The molecule has 1 N–H and O–H groups in total. The lowest BCUT2D eigenvalue weighted by atomic mass is 10.1. The molecule has 1 aliphatic rings. The number of carbonyl (C=O) groups excluding carboxylic acids is 2. The standard InChI is InChI=1S/C18H26ClN3O2/c1-3-21(4-2)11-5-10-20-18(24)14-12-17(23)22(13-14)16-8-6-15(19)7-9-16/h6-9,14H,3-5,10-13H2,1-2H3,(H,20,24)/t14-/m0/s1. The average molecular weight is 352 g/mol. The molecule has 2 rings (SSSR count). The third-order valence-corrected chi connectivity index (χ3v) is 4.73. The Kier molecular flexibility index (Phi) is 7.06. The first-order valence-corrected chi connectivity index (χ1v) is 8.99. The zero-order valence-electron chi connectivity index (χ0n) is 14.4. The summed E-state index contributed by atoms with van der Waals surface area (Å²) in [6.45, 7) is 8.39. The highest BCUT2D eigenvalue weighted by Crippen LogP contribution is 2.26. The topological polar surface area (TPSA) is 52.7 Å². The first-order valence-electron chi connectivity index (χ1n) is 8.61. The molecule has 0 aliphatic carbocycles. The van der Waals surface area contributed by atoms with Crippen LogP contribution in [0, 0.1) is 5.92 Å². The normalized spacial score (nSPS) is 17.6. The summed E-state index contributed by atoms with van der Waals surface area (Å²) in [7, 11) is 0. The zero-order chi connectivity index (χ0) is 17.5. The van der Waals surface area contributed by atoms with Crippen LogP contribution in [0.4, 0.5) is 5.69 Å². The van der Waals surface area contributed by atoms with E-state index in [1.165, 1.54) is 0 Å². The summed E-state index contributed by atoms with van der Waals surface area (Å²) < 4.78 is 0. The van der Waals surface area contributed by atoms with E-state index in [4.69, 9.17) is 11.6 Å². The summed E-state index contributed by atoms with van der Waals surface area (Å²) >= 11 is 5.88. The molecule has 1 atom stereocenters. The highest BCUT2D eigenvalue weighted by Gasteiger charge is 2.34. The number of benzene rings is 1. The van der Waals surface area contributed by atoms with E-state index < -0.39 is 0 Å². The van der Waals surface area contributed by atoms with Crippen molar-refractivity contribution in [1.29, 1.82) is 0 Å². The van der Waals surface area contributed by atoms with Crippen LogP contribution in [-0.2, 0) is 9.59 Å². The predicted octanol–water partition coefficient (Wildman–Crippen LogP) is 2.54. The molecule has 0 spiro atoms. The van der Waals surface area contributed by atoms with Crippen molar-refractivity contribution in [2.24, 2.45) is 5.92 Å². The fraction of sp³-hybridized carbons (Fsp3) is 0.556. The second-order valence-corrected chi connectivity index (χ2v) is 6.49. The maximum absolute atomic E-state index is 12.3. The molecule has 1 fully saturated rings. The van der Waals surface area contributed by atoms with Crippen molar-refractivity contribution < 1.29 is 9.59 Å². The Morgan fingerprint density at radius 2 is 1.96 bits per heavy atom. The SMILES string of the molecule is CCN(CC)CCCNC(=O)[C@H]1CC(=O)N(c2ccc(Cl)cc2)C1. The molecule has 24 heavy (non-hydrogen) atoms. The van der Waals surface area contributed by atoms with Gasteiger partial charge in [0.2, 0.25) is 11.8 Å². The van der Waals surface area contributed by atoms with E-state index in [1.807, 2.05) is 12.1 Å². The first kappa shape index (κ1) is 18.7. The van der Waals surface area contributed by atoms with Crippen molar-refractivity contribution in [2.75, 3.05) is 37.6 Å². The van der Waals surface area contributed by atoms with Crippen LogP contribution in [-0.4, -0.2) is 49.4 Å². The number of carbonyl (C=O) groups is 2. The van der Waals surface area contributed by atoms with Crippen molar-refractivity contribution in [3.8, 4) is 0 Å². The van der Waals surface area contributed by atoms with Gasteiger partial charge in [-0.3, -0.25) is 9.59 Å². The smallest absolute Gasteiger partial charge is 0.227 e. The second kappa shape index (κ2) is 9.04. The molecular formula is C18H26ClN3O2. The number of anilines is 1. The van der Waals surface area contributed by atoms with Crippen LogP contribution in [0.3, 0.4) is 0 Å². The summed E-state index contributed by atoms with van der Waals surface area (Å²) in [6.07, 6.45) is 1.19. The Morgan fingerprint density at radius 1 is 1.29 bits per heavy atom. The number of nitrogens with zero attached hydrogens (tertiary/aromatic N) is 2. The number of nitrogens with one attached hydrogen (secondary N) is 1. The summed E-state index contributed by atoms with van der Waals surface area (Å²) in [5, 5.41) is 3.60. The van der Waals surface area contributed by atoms with E-state index >= 15 is 0 Å². The van der Waals surface area contributed by atoms with E-state index in [2.05, 4.69) is 24.1 Å². The Hall–Kier alpha value is -1.59. The minimum atomic E-state index is -0.276. The molecule has 1 saturated heterocycles. The fourth-order valence-electron chi connectivity index (χ4n) is 2.95. The highest BCUT2D eigenvalue weighted by molar-refractivity contribution is 6.30. The van der Waals surface area contributed by atoms with Gasteiger partial charge in [0.25, 0.3) is 0 Å². The number of rotatable bonds is 8. The first-order chi connectivity index (χ1) is 11.5. The molecule has 1 aromatic rings. The molecular weight excluding hydrogens is 326 g/mol. The van der Waals surface area contributed by atoms with Gasteiger partial charge >= 0.3 is 0 Å². The summed E-state index contributed by atoms with van der Waals surface area (Å²) in [5.41, 5.74) is 0.793. The van der Waals surface area contributed by atoms with Gasteiger partial charge in [0.1, 0.15) is 0 Å².